The van der Waals surface area contributed by atoms with Gasteiger partial charge in [-0.1, -0.05) is 36.4 Å². The van der Waals surface area contributed by atoms with Crippen molar-refractivity contribution < 1.29 is 46.6 Å². The minimum absolute atomic E-state index is 0.0257. The van der Waals surface area contributed by atoms with E-state index in [1.165, 1.54) is 69.9 Å². The number of anilines is 6. The SMILES string of the molecule is CC(=O)Cc1ccc(Nc2ncnc(Oc3ccc4[nH]c(C)cc4c3F)c2C(=O)N(C)C)cc1.Cc1cc2c(F)c(Oc3ncnc(Nc4ccc(CN5CCN(C)CC5)cc4)c3C(=O)N(C)C)ccc2[nH]1.Cc1cc2c(F)c(Oc3ncnc(Nc4ccc(CN5CCNCC5)cc4)c3C(=O)N(C)C)ccc2[nH]1. The lowest BCUT2D eigenvalue weighted by Gasteiger charge is -2.32. The molecule has 564 valence electrons. The van der Waals surface area contributed by atoms with E-state index in [4.69, 9.17) is 14.2 Å². The second kappa shape index (κ2) is 34.1. The van der Waals surface area contributed by atoms with Crippen LogP contribution in [0.25, 0.3) is 32.7 Å². The number of hydrogen-bond acceptors (Lipinski definition) is 20. The second-order valence-corrected chi connectivity index (χ2v) is 27.4. The van der Waals surface area contributed by atoms with Gasteiger partial charge in [-0.25, -0.2) is 43.1 Å². The number of fused-ring (bicyclic) bond motifs is 3. The van der Waals surface area contributed by atoms with Crippen LogP contribution < -0.4 is 35.5 Å². The van der Waals surface area contributed by atoms with Crippen LogP contribution in [0.4, 0.5) is 47.7 Å². The smallest absolute Gasteiger partial charge is 0.262 e. The highest BCUT2D eigenvalue weighted by Gasteiger charge is 2.29. The average Bonchev–Trinajstić information content (AvgIpc) is 1.78. The first-order valence-electron chi connectivity index (χ1n) is 35.4. The van der Waals surface area contributed by atoms with E-state index in [0.717, 1.165) is 99.5 Å². The van der Waals surface area contributed by atoms with Crippen molar-refractivity contribution in [1.29, 1.82) is 0 Å². The van der Waals surface area contributed by atoms with Gasteiger partial charge in [-0.15, -0.1) is 0 Å². The number of carbonyl (C=O) groups excluding carboxylic acids is 4. The van der Waals surface area contributed by atoms with Gasteiger partial charge in [0.15, 0.2) is 52.2 Å². The Balaban J connectivity index is 0.000000153. The van der Waals surface area contributed by atoms with Crippen molar-refractivity contribution in [1.82, 2.24) is 79.6 Å². The number of rotatable bonds is 21. The van der Waals surface area contributed by atoms with Gasteiger partial charge >= 0.3 is 0 Å². The van der Waals surface area contributed by atoms with Crippen LogP contribution in [0, 0.1) is 38.2 Å². The second-order valence-electron chi connectivity index (χ2n) is 27.4. The first-order chi connectivity index (χ1) is 52.4. The lowest BCUT2D eigenvalue weighted by molar-refractivity contribution is -0.116. The van der Waals surface area contributed by atoms with E-state index in [2.05, 4.69) is 112 Å². The van der Waals surface area contributed by atoms with E-state index in [-0.39, 0.29) is 86.6 Å². The molecule has 8 heterocycles. The normalized spacial score (nSPS) is 13.2. The molecule has 7 N–H and O–H groups in total. The summed E-state index contributed by atoms with van der Waals surface area (Å²) in [6.45, 7) is 17.2. The van der Waals surface area contributed by atoms with Crippen molar-refractivity contribution in [2.75, 3.05) is 118 Å². The number of amides is 3. The highest BCUT2D eigenvalue weighted by molar-refractivity contribution is 6.03. The maximum Gasteiger partial charge on any atom is 0.262 e. The predicted molar refractivity (Wildman–Crippen MR) is 414 cm³/mol. The molecule has 0 spiro atoms. The molecule has 0 radical (unpaired) electrons. The summed E-state index contributed by atoms with van der Waals surface area (Å²) in [4.78, 5) is 96.7. The summed E-state index contributed by atoms with van der Waals surface area (Å²) in [5, 5.41) is 14.1. The number of Topliss-reactive ketones (excluding diaryl/α,β-unsaturated/α-hetero) is 1. The highest BCUT2D eigenvalue weighted by Crippen LogP contribution is 2.38. The van der Waals surface area contributed by atoms with Crippen LogP contribution in [0.1, 0.15) is 71.8 Å². The molecule has 29 heteroatoms. The van der Waals surface area contributed by atoms with Crippen LogP contribution in [0.2, 0.25) is 0 Å². The van der Waals surface area contributed by atoms with Crippen LogP contribution in [0.5, 0.6) is 34.9 Å². The molecule has 2 aliphatic rings. The molecule has 109 heavy (non-hydrogen) atoms. The van der Waals surface area contributed by atoms with Crippen molar-refractivity contribution in [3.05, 3.63) is 214 Å². The Labute approximate surface area is 628 Å². The van der Waals surface area contributed by atoms with E-state index in [0.29, 0.717) is 44.8 Å². The van der Waals surface area contributed by atoms with Crippen molar-refractivity contribution >= 4 is 90.7 Å². The summed E-state index contributed by atoms with van der Waals surface area (Å²) in [6.07, 6.45) is 4.17. The van der Waals surface area contributed by atoms with Crippen molar-refractivity contribution in [3.8, 4) is 34.9 Å². The number of hydrogen-bond donors (Lipinski definition) is 7. The van der Waals surface area contributed by atoms with Gasteiger partial charge in [0.25, 0.3) is 17.7 Å². The number of halogens is 3. The lowest BCUT2D eigenvalue weighted by Crippen LogP contribution is -2.43. The summed E-state index contributed by atoms with van der Waals surface area (Å²) in [6, 6.07) is 38.1. The fourth-order valence-corrected chi connectivity index (χ4v) is 12.5. The zero-order chi connectivity index (χ0) is 77.2. The summed E-state index contributed by atoms with van der Waals surface area (Å²) in [7, 11) is 11.8. The molecule has 0 saturated carbocycles. The number of carbonyl (C=O) groups is 4. The molecule has 14 rings (SSSR count). The molecule has 2 saturated heterocycles. The molecule has 2 aliphatic heterocycles. The number of ether oxygens (including phenoxy) is 3. The van der Waals surface area contributed by atoms with Crippen LogP contribution in [0.15, 0.2) is 146 Å². The minimum Gasteiger partial charge on any atom is -0.435 e. The topological polar surface area (TPSA) is 288 Å². The minimum atomic E-state index is -0.556. The van der Waals surface area contributed by atoms with E-state index in [1.54, 1.807) is 90.8 Å². The third kappa shape index (κ3) is 18.6. The number of likely N-dealkylation sites (N-methyl/N-ethyl adjacent to an activating group) is 1. The Hall–Kier alpha value is -12.3. The Bertz CT molecular complexity index is 5270. The highest BCUT2D eigenvalue weighted by atomic mass is 19.1. The van der Waals surface area contributed by atoms with E-state index in [9.17, 15) is 19.2 Å². The molecule has 0 atom stereocenters. The molecular formula is C80H86F3N19O7. The van der Waals surface area contributed by atoms with Gasteiger partial charge in [-0.3, -0.25) is 29.0 Å². The number of benzene rings is 6. The lowest BCUT2D eigenvalue weighted by atomic mass is 10.1. The number of nitrogens with zero attached hydrogens (tertiary/aromatic N) is 12. The number of piperazine rings is 2. The summed E-state index contributed by atoms with van der Waals surface area (Å²) < 4.78 is 63.1. The van der Waals surface area contributed by atoms with E-state index >= 15 is 13.2 Å². The molecule has 0 unspecified atom stereocenters. The maximum absolute atomic E-state index is 15.2. The third-order valence-electron chi connectivity index (χ3n) is 18.1. The summed E-state index contributed by atoms with van der Waals surface area (Å²) in [5.74, 6) is -2.18. The van der Waals surface area contributed by atoms with Gasteiger partial charge in [0.2, 0.25) is 17.6 Å². The van der Waals surface area contributed by atoms with Gasteiger partial charge in [0, 0.05) is 181 Å². The molecule has 6 aromatic carbocycles. The number of aromatic amines is 3. The van der Waals surface area contributed by atoms with Crippen molar-refractivity contribution in [3.63, 3.8) is 0 Å². The van der Waals surface area contributed by atoms with Crippen LogP contribution in [-0.2, 0) is 24.3 Å². The van der Waals surface area contributed by atoms with E-state index in [1.807, 2.05) is 57.2 Å². The van der Waals surface area contributed by atoms with E-state index < -0.39 is 23.4 Å². The first-order valence-corrected chi connectivity index (χ1v) is 35.4. The molecule has 3 amide bonds. The zero-order valence-electron chi connectivity index (χ0n) is 62.5. The average molecular weight is 1480 g/mol. The largest absolute Gasteiger partial charge is 0.435 e. The van der Waals surface area contributed by atoms with Gasteiger partial charge in [0.05, 0.1) is 0 Å². The van der Waals surface area contributed by atoms with Crippen LogP contribution in [-0.4, -0.2) is 199 Å². The molecule has 0 bridgehead atoms. The molecule has 6 aromatic heterocycles. The zero-order valence-corrected chi connectivity index (χ0v) is 62.5. The Morgan fingerprint density at radius 3 is 1.06 bits per heavy atom. The fraction of sp³-hybridized carbons (Fsp3) is 0.275. The quantitative estimate of drug-likeness (QED) is 0.0352. The number of aryl methyl sites for hydroxylation is 3. The van der Waals surface area contributed by atoms with Gasteiger partial charge in [-0.05, 0) is 142 Å². The fourth-order valence-electron chi connectivity index (χ4n) is 12.5. The number of ketones is 1. The standard InChI is InChI=1S/C28H32FN7O2.C27H30FN7O2.C25H24FN5O3/c1-18-15-21-22(32-18)9-10-23(25(21)29)38-27-24(28(37)34(2)3)26(30-17-31-27)33-20-7-5-19(6-8-20)16-36-13-11-35(4)12-14-36;1-17-14-20-21(32-17)8-9-22(24(20)28)37-26-23(27(36)34(2)3)25(30-16-31-26)33-19-6-4-18(5-7-19)15-35-12-10-29-11-13-35;1-14-11-18-19(29-14)9-10-20(22(18)26)34-24-21(25(33)31(3)4)23(27-13-28-24)30-17-7-5-16(6-8-17)12-15(2)32/h5-10,15,17,32H,11-14,16H2,1-4H3,(H,30,31,33);4-9,14,16,29,32H,10-13,15H2,1-3H3,(H,30,31,33);5-11,13,29H,12H2,1-4H3,(H,27,28,30). The number of H-pyrrole nitrogens is 3. The monoisotopic (exact) mass is 1480 g/mol. The van der Waals surface area contributed by atoms with Crippen LogP contribution >= 0.6 is 0 Å². The number of aromatic nitrogens is 9. The number of nitrogens with one attached hydrogen (secondary N) is 7. The van der Waals surface area contributed by atoms with Crippen LogP contribution in [0.3, 0.4) is 0 Å². The Morgan fingerprint density at radius 2 is 0.743 bits per heavy atom. The molecular weight excluding hydrogens is 1400 g/mol. The first kappa shape index (κ1) is 76.3. The third-order valence-corrected chi connectivity index (χ3v) is 18.1. The predicted octanol–water partition coefficient (Wildman–Crippen LogP) is 13.2. The summed E-state index contributed by atoms with van der Waals surface area (Å²) >= 11 is 0. The van der Waals surface area contributed by atoms with Crippen molar-refractivity contribution in [2.24, 2.45) is 0 Å². The molecule has 2 fully saturated rings. The van der Waals surface area contributed by atoms with Crippen molar-refractivity contribution in [2.45, 2.75) is 47.2 Å². The molecule has 12 aromatic rings. The Kier molecular flexibility index (Phi) is 23.9. The van der Waals surface area contributed by atoms with Gasteiger partial charge in [0.1, 0.15) is 41.5 Å². The van der Waals surface area contributed by atoms with Gasteiger partial charge in [-0.2, -0.15) is 0 Å². The Morgan fingerprint density at radius 1 is 0.431 bits per heavy atom. The molecule has 26 nitrogen and oxygen atoms in total. The van der Waals surface area contributed by atoms with Gasteiger partial charge < -0.3 is 70.0 Å². The summed E-state index contributed by atoms with van der Waals surface area (Å²) in [5.41, 5.74) is 10.2. The maximum atomic E-state index is 15.2. The molecule has 0 aliphatic carbocycles.